The maximum Gasteiger partial charge on any atom is 0.267 e. The van der Waals surface area contributed by atoms with Crippen LogP contribution in [0.2, 0.25) is 0 Å². The van der Waals surface area contributed by atoms with Gasteiger partial charge in [0.05, 0.1) is 11.9 Å². The third-order valence-electron chi connectivity index (χ3n) is 5.62. The average molecular weight is 452 g/mol. The van der Waals surface area contributed by atoms with Crippen LogP contribution in [-0.4, -0.2) is 65.1 Å². The van der Waals surface area contributed by atoms with Crippen LogP contribution in [0.4, 0.5) is 22.5 Å². The monoisotopic (exact) mass is 451 g/mol. The molecule has 6 bridgehead atoms. The zero-order chi connectivity index (χ0) is 22.1. The molecule has 1 saturated heterocycles. The van der Waals surface area contributed by atoms with Gasteiger partial charge in [-0.25, -0.2) is 15.0 Å². The molecule has 1 aromatic carbocycles. The fourth-order valence-electron chi connectivity index (χ4n) is 3.91. The van der Waals surface area contributed by atoms with Crippen LogP contribution in [0, 0.1) is 13.8 Å². The van der Waals surface area contributed by atoms with Crippen LogP contribution in [0.5, 0.6) is 5.75 Å². The Kier molecular flexibility index (Phi) is 5.62. The number of benzene rings is 1. The van der Waals surface area contributed by atoms with E-state index in [-0.39, 0.29) is 5.91 Å². The zero-order valence-corrected chi connectivity index (χ0v) is 18.9. The van der Waals surface area contributed by atoms with E-state index in [9.17, 15) is 4.79 Å². The minimum absolute atomic E-state index is 0.218. The lowest BCUT2D eigenvalue weighted by molar-refractivity contribution is 0.102. The molecule has 6 rings (SSSR count). The molecule has 0 unspecified atom stereocenters. The Morgan fingerprint density at radius 1 is 1.06 bits per heavy atom. The molecule has 3 aromatic rings. The first-order valence-electron chi connectivity index (χ1n) is 10.6. The molecule has 1 amide bonds. The highest BCUT2D eigenvalue weighted by Crippen LogP contribution is 2.30. The number of aromatic nitrogens is 3. The molecule has 5 heterocycles. The van der Waals surface area contributed by atoms with E-state index in [0.29, 0.717) is 39.7 Å². The summed E-state index contributed by atoms with van der Waals surface area (Å²) in [6.07, 6.45) is 1.57. The minimum atomic E-state index is -0.218. The lowest BCUT2D eigenvalue weighted by Gasteiger charge is -2.35. The van der Waals surface area contributed by atoms with Crippen molar-refractivity contribution >= 4 is 39.7 Å². The number of thiazole rings is 1. The van der Waals surface area contributed by atoms with Gasteiger partial charge in [0.25, 0.3) is 5.91 Å². The van der Waals surface area contributed by atoms with Crippen molar-refractivity contribution in [2.75, 3.05) is 54.9 Å². The standard InChI is InChI=1S/C22H25N7O2S/c1-14-4-3-5-16-20(14)27-21(30)17-13-23-22(32-17)26-18-12-19(25-15(2)24-18)29-8-6-28(7-9-29)10-11-31-16/h3-5,12-13H,6-11H2,1-2H3,(H,27,30)(H,23,24,25,26). The molecule has 0 aliphatic carbocycles. The van der Waals surface area contributed by atoms with Crippen LogP contribution in [-0.2, 0) is 0 Å². The number of nitrogens with zero attached hydrogens (tertiary/aromatic N) is 5. The normalized spacial score (nSPS) is 16.9. The summed E-state index contributed by atoms with van der Waals surface area (Å²) in [5.74, 6) is 2.73. The molecule has 0 saturated carbocycles. The molecule has 9 nitrogen and oxygen atoms in total. The molecule has 0 radical (unpaired) electrons. The second kappa shape index (κ2) is 8.71. The van der Waals surface area contributed by atoms with Gasteiger partial charge in [0.15, 0.2) is 5.13 Å². The first-order valence-corrected chi connectivity index (χ1v) is 11.5. The molecule has 0 spiro atoms. The number of anilines is 4. The number of nitrogens with one attached hydrogen (secondary N) is 2. The van der Waals surface area contributed by atoms with Gasteiger partial charge in [-0.1, -0.05) is 23.5 Å². The van der Waals surface area contributed by atoms with Crippen molar-refractivity contribution in [3.8, 4) is 5.75 Å². The first-order chi connectivity index (χ1) is 15.5. The van der Waals surface area contributed by atoms with Gasteiger partial charge in [0.2, 0.25) is 0 Å². The number of amides is 1. The van der Waals surface area contributed by atoms with Crippen molar-refractivity contribution in [1.82, 2.24) is 19.9 Å². The molecule has 0 atom stereocenters. The fourth-order valence-corrected chi connectivity index (χ4v) is 4.62. The van der Waals surface area contributed by atoms with E-state index >= 15 is 0 Å². The Morgan fingerprint density at radius 2 is 1.91 bits per heavy atom. The van der Waals surface area contributed by atoms with Crippen LogP contribution in [0.25, 0.3) is 0 Å². The van der Waals surface area contributed by atoms with E-state index in [0.717, 1.165) is 44.1 Å². The van der Waals surface area contributed by atoms with Gasteiger partial charge in [-0.05, 0) is 25.5 Å². The predicted molar refractivity (Wildman–Crippen MR) is 125 cm³/mol. The summed E-state index contributed by atoms with van der Waals surface area (Å²) in [5.41, 5.74) is 1.65. The van der Waals surface area contributed by atoms with Gasteiger partial charge in [-0.2, -0.15) is 0 Å². The number of piperazine rings is 1. The number of carbonyl (C=O) groups excluding carboxylic acids is 1. The zero-order valence-electron chi connectivity index (χ0n) is 18.1. The third kappa shape index (κ3) is 4.37. The molecule has 166 valence electrons. The number of hydrogen-bond acceptors (Lipinski definition) is 9. The van der Waals surface area contributed by atoms with Crippen molar-refractivity contribution in [2.24, 2.45) is 0 Å². The molecular weight excluding hydrogens is 426 g/mol. The smallest absolute Gasteiger partial charge is 0.267 e. The summed E-state index contributed by atoms with van der Waals surface area (Å²) < 4.78 is 6.08. The van der Waals surface area contributed by atoms with Crippen LogP contribution in [0.15, 0.2) is 30.5 Å². The lowest BCUT2D eigenvalue weighted by atomic mass is 10.2. The van der Waals surface area contributed by atoms with E-state index in [2.05, 4.69) is 35.4 Å². The number of aryl methyl sites for hydroxylation is 2. The molecule has 10 heteroatoms. The number of hydrogen-bond donors (Lipinski definition) is 2. The van der Waals surface area contributed by atoms with Crippen molar-refractivity contribution in [3.05, 3.63) is 46.7 Å². The van der Waals surface area contributed by atoms with E-state index in [1.165, 1.54) is 11.3 Å². The first kappa shape index (κ1) is 20.7. The Hall–Kier alpha value is -3.24. The molecule has 32 heavy (non-hydrogen) atoms. The quantitative estimate of drug-likeness (QED) is 0.539. The summed E-state index contributed by atoms with van der Waals surface area (Å²) in [6.45, 7) is 8.87. The molecule has 3 aliphatic rings. The number of carbonyl (C=O) groups is 1. The summed E-state index contributed by atoms with van der Waals surface area (Å²) in [6, 6.07) is 7.73. The molecular formula is C22H25N7O2S. The van der Waals surface area contributed by atoms with Crippen LogP contribution in [0.3, 0.4) is 0 Å². The topological polar surface area (TPSA) is 95.5 Å². The maximum absolute atomic E-state index is 12.9. The second-order valence-corrected chi connectivity index (χ2v) is 8.92. The van der Waals surface area contributed by atoms with E-state index < -0.39 is 0 Å². The minimum Gasteiger partial charge on any atom is -0.490 e. The van der Waals surface area contributed by atoms with Crippen molar-refractivity contribution in [3.63, 3.8) is 0 Å². The molecule has 2 aromatic heterocycles. The predicted octanol–water partition coefficient (Wildman–Crippen LogP) is 3.06. The van der Waals surface area contributed by atoms with E-state index in [1.807, 2.05) is 38.1 Å². The highest BCUT2D eigenvalue weighted by Gasteiger charge is 2.21. The molecule has 1 fully saturated rings. The van der Waals surface area contributed by atoms with Gasteiger partial charge >= 0.3 is 0 Å². The lowest BCUT2D eigenvalue weighted by Crippen LogP contribution is -2.47. The number of fused-ring (bicyclic) bond motifs is 5. The van der Waals surface area contributed by atoms with Crippen LogP contribution in [0.1, 0.15) is 21.1 Å². The third-order valence-corrected chi connectivity index (χ3v) is 6.53. The second-order valence-electron chi connectivity index (χ2n) is 7.89. The van der Waals surface area contributed by atoms with Gasteiger partial charge in [0, 0.05) is 38.8 Å². The summed E-state index contributed by atoms with van der Waals surface area (Å²) in [5, 5.41) is 6.84. The van der Waals surface area contributed by atoms with Crippen molar-refractivity contribution in [1.29, 1.82) is 0 Å². The maximum atomic E-state index is 12.9. The van der Waals surface area contributed by atoms with E-state index in [1.54, 1.807) is 6.20 Å². The summed E-state index contributed by atoms with van der Waals surface area (Å²) in [4.78, 5) is 31.6. The Balaban J connectivity index is 1.49. The Morgan fingerprint density at radius 3 is 2.75 bits per heavy atom. The van der Waals surface area contributed by atoms with Crippen molar-refractivity contribution in [2.45, 2.75) is 13.8 Å². The number of ether oxygens (including phenoxy) is 1. The van der Waals surface area contributed by atoms with Crippen LogP contribution >= 0.6 is 11.3 Å². The Labute approximate surface area is 190 Å². The highest BCUT2D eigenvalue weighted by atomic mass is 32.1. The van der Waals surface area contributed by atoms with Crippen LogP contribution < -0.4 is 20.3 Å². The SMILES string of the molecule is Cc1nc2cc(n1)N1CCN(CCOc3cccc(C)c3NC(=O)c3cnc(s3)N2)CC1. The van der Waals surface area contributed by atoms with Crippen molar-refractivity contribution < 1.29 is 9.53 Å². The van der Waals surface area contributed by atoms with Gasteiger partial charge in [-0.15, -0.1) is 0 Å². The summed E-state index contributed by atoms with van der Waals surface area (Å²) in [7, 11) is 0. The largest absolute Gasteiger partial charge is 0.490 e. The average Bonchev–Trinajstić information content (AvgIpc) is 3.24. The molecule has 2 N–H and O–H groups in total. The number of rotatable bonds is 0. The fraction of sp³-hybridized carbons (Fsp3) is 0.364. The van der Waals surface area contributed by atoms with Gasteiger partial charge < -0.3 is 20.3 Å². The molecule has 3 aliphatic heterocycles. The summed E-state index contributed by atoms with van der Waals surface area (Å²) >= 11 is 1.28. The van der Waals surface area contributed by atoms with Gasteiger partial charge in [0.1, 0.15) is 34.7 Å². The highest BCUT2D eigenvalue weighted by molar-refractivity contribution is 7.17. The van der Waals surface area contributed by atoms with E-state index in [4.69, 9.17) is 4.74 Å². The van der Waals surface area contributed by atoms with Gasteiger partial charge in [-0.3, -0.25) is 9.69 Å². The Bertz CT molecular complexity index is 1140. The number of para-hydroxylation sites is 1.